The van der Waals surface area contributed by atoms with Gasteiger partial charge in [-0.05, 0) is 12.8 Å². The molecule has 2 bridgehead atoms. The van der Waals surface area contributed by atoms with Gasteiger partial charge in [0.2, 0.25) is 12.1 Å². The molecule has 1 spiro atoms. The molecule has 3 fully saturated rings. The Bertz CT molecular complexity index is 257. The van der Waals surface area contributed by atoms with E-state index in [1.807, 2.05) is 0 Å². The van der Waals surface area contributed by atoms with Crippen LogP contribution in [0.5, 0.6) is 0 Å². The summed E-state index contributed by atoms with van der Waals surface area (Å²) in [7, 11) is 0. The maximum absolute atomic E-state index is 6.05. The smallest absolute Gasteiger partial charge is 0.221 e. The summed E-state index contributed by atoms with van der Waals surface area (Å²) in [5.41, 5.74) is 0. The Morgan fingerprint density at radius 1 is 1.31 bits per heavy atom. The van der Waals surface area contributed by atoms with Gasteiger partial charge in [-0.2, -0.15) is 0 Å². The fourth-order valence-corrected chi connectivity index (χ4v) is 2.72. The molecule has 4 atom stereocenters. The molecule has 3 saturated heterocycles. The van der Waals surface area contributed by atoms with Crippen LogP contribution in [0.25, 0.3) is 0 Å². The van der Waals surface area contributed by atoms with Crippen LogP contribution in [0.15, 0.2) is 0 Å². The monoisotopic (exact) mass is 228 g/mol. The third-order valence-electron chi connectivity index (χ3n) is 3.68. The van der Waals surface area contributed by atoms with Crippen LogP contribution < -0.4 is 0 Å². The second kappa shape index (κ2) is 4.26. The Hall–Kier alpha value is -0.160. The summed E-state index contributed by atoms with van der Waals surface area (Å²) in [6.07, 6.45) is 5.56. The van der Waals surface area contributed by atoms with Crippen molar-refractivity contribution in [3.8, 4) is 0 Å². The second-order valence-corrected chi connectivity index (χ2v) is 4.97. The minimum atomic E-state index is -0.592. The number of hydrogen-bond acceptors (Lipinski definition) is 4. The van der Waals surface area contributed by atoms with Crippen LogP contribution in [0.2, 0.25) is 0 Å². The molecule has 0 radical (unpaired) electrons. The van der Waals surface area contributed by atoms with Crippen LogP contribution in [-0.2, 0) is 18.9 Å². The molecule has 0 saturated carbocycles. The van der Waals surface area contributed by atoms with E-state index in [0.717, 1.165) is 19.3 Å². The Labute approximate surface area is 96.2 Å². The van der Waals surface area contributed by atoms with E-state index in [9.17, 15) is 0 Å². The number of rotatable bonds is 3. The van der Waals surface area contributed by atoms with Gasteiger partial charge in [-0.1, -0.05) is 19.8 Å². The third-order valence-corrected chi connectivity index (χ3v) is 3.68. The predicted molar refractivity (Wildman–Crippen MR) is 56.9 cm³/mol. The predicted octanol–water partition coefficient (Wildman–Crippen LogP) is 1.82. The molecule has 3 aliphatic rings. The van der Waals surface area contributed by atoms with Gasteiger partial charge >= 0.3 is 0 Å². The number of unbranched alkanes of at least 4 members (excludes halogenated alkanes) is 1. The first kappa shape index (κ1) is 11.0. The first-order valence-corrected chi connectivity index (χ1v) is 6.41. The topological polar surface area (TPSA) is 36.9 Å². The molecule has 2 unspecified atom stereocenters. The zero-order valence-corrected chi connectivity index (χ0v) is 9.81. The van der Waals surface area contributed by atoms with E-state index in [-0.39, 0.29) is 18.5 Å². The van der Waals surface area contributed by atoms with Gasteiger partial charge in [-0.3, -0.25) is 0 Å². The summed E-state index contributed by atoms with van der Waals surface area (Å²) in [5.74, 6) is -0.592. The lowest BCUT2D eigenvalue weighted by molar-refractivity contribution is -0.308. The molecule has 0 aromatic heterocycles. The first-order chi connectivity index (χ1) is 7.82. The molecule has 0 N–H and O–H groups in total. The molecule has 4 nitrogen and oxygen atoms in total. The number of fused-ring (bicyclic) bond motifs is 3. The zero-order chi connectivity index (χ0) is 11.0. The van der Waals surface area contributed by atoms with Gasteiger partial charge in [-0.15, -0.1) is 0 Å². The number of hydrogen-bond donors (Lipinski definition) is 0. The average molecular weight is 228 g/mol. The quantitative estimate of drug-likeness (QED) is 0.738. The van der Waals surface area contributed by atoms with Crippen molar-refractivity contribution < 1.29 is 18.9 Å². The van der Waals surface area contributed by atoms with Gasteiger partial charge in [0.1, 0.15) is 0 Å². The molecule has 0 amide bonds. The van der Waals surface area contributed by atoms with Gasteiger partial charge in [0.05, 0.1) is 25.4 Å². The average Bonchev–Trinajstić information content (AvgIpc) is 2.87. The van der Waals surface area contributed by atoms with Crippen molar-refractivity contribution in [3.05, 3.63) is 0 Å². The minimum absolute atomic E-state index is 0.226. The maximum atomic E-state index is 6.05. The minimum Gasteiger partial charge on any atom is -0.345 e. The Morgan fingerprint density at radius 3 is 3.12 bits per heavy atom. The lowest BCUT2D eigenvalue weighted by atomic mass is 10.0. The highest BCUT2D eigenvalue weighted by molar-refractivity contribution is 4.90. The van der Waals surface area contributed by atoms with Crippen LogP contribution in [0.4, 0.5) is 0 Å². The number of ether oxygens (including phenoxy) is 4. The second-order valence-electron chi connectivity index (χ2n) is 4.97. The van der Waals surface area contributed by atoms with E-state index < -0.39 is 5.79 Å². The molecule has 0 aromatic rings. The highest BCUT2D eigenvalue weighted by Crippen LogP contribution is 2.42. The van der Waals surface area contributed by atoms with Gasteiger partial charge in [0.15, 0.2) is 0 Å². The van der Waals surface area contributed by atoms with E-state index in [1.54, 1.807) is 0 Å². The van der Waals surface area contributed by atoms with Gasteiger partial charge in [0.25, 0.3) is 0 Å². The summed E-state index contributed by atoms with van der Waals surface area (Å²) in [5, 5.41) is 0. The van der Waals surface area contributed by atoms with Gasteiger partial charge in [-0.25, -0.2) is 0 Å². The van der Waals surface area contributed by atoms with Crippen molar-refractivity contribution in [2.75, 3.05) is 13.2 Å². The molecular formula is C12H20O4. The van der Waals surface area contributed by atoms with E-state index in [2.05, 4.69) is 6.92 Å². The van der Waals surface area contributed by atoms with Crippen molar-refractivity contribution >= 4 is 0 Å². The van der Waals surface area contributed by atoms with Crippen molar-refractivity contribution in [1.82, 2.24) is 0 Å². The van der Waals surface area contributed by atoms with Crippen molar-refractivity contribution in [3.63, 3.8) is 0 Å². The molecule has 16 heavy (non-hydrogen) atoms. The Kier molecular flexibility index (Phi) is 2.92. The molecule has 3 aliphatic heterocycles. The SMILES string of the molecule is CCCCC1COC2(CC[C@H]3CO[C@@H]2O3)O1. The van der Waals surface area contributed by atoms with E-state index in [1.165, 1.54) is 12.8 Å². The zero-order valence-electron chi connectivity index (χ0n) is 9.81. The molecular weight excluding hydrogens is 208 g/mol. The Balaban J connectivity index is 1.62. The highest BCUT2D eigenvalue weighted by atomic mass is 16.8. The van der Waals surface area contributed by atoms with Crippen LogP contribution in [-0.4, -0.2) is 37.5 Å². The van der Waals surface area contributed by atoms with Crippen LogP contribution >= 0.6 is 0 Å². The standard InChI is InChI=1S/C12H20O4/c1-2-3-4-10-8-14-12(16-10)6-5-9-7-13-11(12)15-9/h9-11H,2-8H2,1H3/t9-,10?,11+,12?/m0/s1. The fourth-order valence-electron chi connectivity index (χ4n) is 2.72. The normalized spacial score (nSPS) is 46.7. The highest BCUT2D eigenvalue weighted by Gasteiger charge is 2.55. The van der Waals surface area contributed by atoms with E-state index >= 15 is 0 Å². The van der Waals surface area contributed by atoms with E-state index in [4.69, 9.17) is 18.9 Å². The summed E-state index contributed by atoms with van der Waals surface area (Å²) < 4.78 is 23.2. The van der Waals surface area contributed by atoms with Crippen molar-refractivity contribution in [2.24, 2.45) is 0 Å². The Morgan fingerprint density at radius 2 is 2.25 bits per heavy atom. The molecule has 3 heterocycles. The van der Waals surface area contributed by atoms with E-state index in [0.29, 0.717) is 13.2 Å². The van der Waals surface area contributed by atoms with Gasteiger partial charge < -0.3 is 18.9 Å². The third kappa shape index (κ3) is 1.78. The van der Waals surface area contributed by atoms with Gasteiger partial charge in [0, 0.05) is 6.42 Å². The van der Waals surface area contributed by atoms with Crippen molar-refractivity contribution in [1.29, 1.82) is 0 Å². The largest absolute Gasteiger partial charge is 0.345 e. The first-order valence-electron chi connectivity index (χ1n) is 6.41. The fraction of sp³-hybridized carbons (Fsp3) is 1.00. The molecule has 0 aromatic carbocycles. The summed E-state index contributed by atoms with van der Waals surface area (Å²) >= 11 is 0. The molecule has 3 rings (SSSR count). The molecule has 0 aliphatic carbocycles. The van der Waals surface area contributed by atoms with Crippen LogP contribution in [0, 0.1) is 0 Å². The molecule has 92 valence electrons. The van der Waals surface area contributed by atoms with Crippen LogP contribution in [0.1, 0.15) is 39.0 Å². The lowest BCUT2D eigenvalue weighted by Gasteiger charge is -2.35. The summed E-state index contributed by atoms with van der Waals surface area (Å²) in [4.78, 5) is 0. The van der Waals surface area contributed by atoms with Crippen molar-refractivity contribution in [2.45, 2.75) is 63.3 Å². The maximum Gasteiger partial charge on any atom is 0.221 e. The lowest BCUT2D eigenvalue weighted by Crippen LogP contribution is -2.47. The summed E-state index contributed by atoms with van der Waals surface area (Å²) in [6, 6.07) is 0. The summed E-state index contributed by atoms with van der Waals surface area (Å²) in [6.45, 7) is 3.58. The van der Waals surface area contributed by atoms with Crippen LogP contribution in [0.3, 0.4) is 0 Å². The molecule has 4 heteroatoms.